The summed E-state index contributed by atoms with van der Waals surface area (Å²) in [5.74, 6) is -1.34. The third kappa shape index (κ3) is 8.29. The van der Waals surface area contributed by atoms with E-state index in [2.05, 4.69) is 5.32 Å². The third-order valence-electron chi connectivity index (χ3n) is 6.11. The number of sulfonamides is 1. The Hall–Kier alpha value is -3.92. The molecule has 0 spiro atoms. The van der Waals surface area contributed by atoms with Crippen molar-refractivity contribution in [2.75, 3.05) is 23.7 Å². The summed E-state index contributed by atoms with van der Waals surface area (Å²) in [6, 6.07) is 20.4. The molecule has 40 heavy (non-hydrogen) atoms. The number of hydrogen-bond acceptors (Lipinski definition) is 5. The maximum absolute atomic E-state index is 14.8. The molecule has 3 aromatic rings. The number of hydrogen-bond donors (Lipinski definition) is 1. The van der Waals surface area contributed by atoms with Gasteiger partial charge >= 0.3 is 0 Å². The summed E-state index contributed by atoms with van der Waals surface area (Å²) in [5.41, 5.74) is 1.18. The molecule has 0 aliphatic rings. The van der Waals surface area contributed by atoms with Gasteiger partial charge in [0.05, 0.1) is 18.6 Å². The van der Waals surface area contributed by atoms with Crippen molar-refractivity contribution in [3.05, 3.63) is 95.8 Å². The molecule has 3 aromatic carbocycles. The predicted molar refractivity (Wildman–Crippen MR) is 154 cm³/mol. The summed E-state index contributed by atoms with van der Waals surface area (Å²) < 4.78 is 47.3. The summed E-state index contributed by atoms with van der Waals surface area (Å²) >= 11 is 0. The molecule has 214 valence electrons. The summed E-state index contributed by atoms with van der Waals surface area (Å²) in [6.07, 6.45) is 1.14. The smallest absolute Gasteiger partial charge is 0.244 e. The first kappa shape index (κ1) is 30.6. The van der Waals surface area contributed by atoms with E-state index in [9.17, 15) is 22.4 Å². The Morgan fingerprint density at radius 2 is 1.57 bits per heavy atom. The number of benzene rings is 3. The van der Waals surface area contributed by atoms with Gasteiger partial charge in [-0.05, 0) is 44.5 Å². The quantitative estimate of drug-likeness (QED) is 0.334. The lowest BCUT2D eigenvalue weighted by Gasteiger charge is -2.34. The number of carbonyl (C=O) groups excluding carboxylic acids is 2. The van der Waals surface area contributed by atoms with Gasteiger partial charge < -0.3 is 15.0 Å². The van der Waals surface area contributed by atoms with E-state index in [0.717, 1.165) is 16.1 Å². The Kier molecular flexibility index (Phi) is 10.7. The number of carbonyl (C=O) groups is 2. The number of amides is 2. The Labute approximate surface area is 235 Å². The van der Waals surface area contributed by atoms with Crippen molar-refractivity contribution < 1.29 is 27.1 Å². The molecule has 8 nitrogen and oxygen atoms in total. The predicted octanol–water partition coefficient (Wildman–Crippen LogP) is 4.16. The Morgan fingerprint density at radius 1 is 0.950 bits per heavy atom. The van der Waals surface area contributed by atoms with Crippen LogP contribution in [-0.4, -0.2) is 56.6 Å². The van der Waals surface area contributed by atoms with Crippen LogP contribution in [0.2, 0.25) is 0 Å². The zero-order valence-electron chi connectivity index (χ0n) is 23.2. The maximum atomic E-state index is 14.8. The zero-order valence-corrected chi connectivity index (χ0v) is 24.0. The largest absolute Gasteiger partial charge is 0.492 e. The highest BCUT2D eigenvalue weighted by Gasteiger charge is 2.34. The standard InChI is InChI=1S/C30H36FN3O5S/c1-5-39-28-18-12-11-17-26(28)34(40(4,37)38)21-29(35)33(20-24-15-9-10-16-25(24)31)27(30(36)32-22(2)3)19-23-13-7-6-8-14-23/h6-18,22,27H,5,19-21H2,1-4H3,(H,32,36)/t27-/m0/s1. The first-order chi connectivity index (χ1) is 19.0. The summed E-state index contributed by atoms with van der Waals surface area (Å²) in [7, 11) is -3.96. The highest BCUT2D eigenvalue weighted by molar-refractivity contribution is 7.92. The average molecular weight is 570 g/mol. The van der Waals surface area contributed by atoms with Crippen LogP contribution < -0.4 is 14.4 Å². The first-order valence-electron chi connectivity index (χ1n) is 13.1. The van der Waals surface area contributed by atoms with Gasteiger partial charge in [0.2, 0.25) is 21.8 Å². The minimum absolute atomic E-state index is 0.147. The van der Waals surface area contributed by atoms with Crippen molar-refractivity contribution in [3.8, 4) is 5.75 Å². The van der Waals surface area contributed by atoms with Gasteiger partial charge in [0.15, 0.2) is 0 Å². The molecule has 0 aliphatic heterocycles. The van der Waals surface area contributed by atoms with Gasteiger partial charge in [-0.3, -0.25) is 13.9 Å². The van der Waals surface area contributed by atoms with Gasteiger partial charge in [-0.15, -0.1) is 0 Å². The second kappa shape index (κ2) is 13.9. The van der Waals surface area contributed by atoms with E-state index in [4.69, 9.17) is 4.74 Å². The molecule has 2 amide bonds. The minimum atomic E-state index is -3.96. The van der Waals surface area contributed by atoms with Crippen LogP contribution >= 0.6 is 0 Å². The van der Waals surface area contributed by atoms with Gasteiger partial charge in [0.1, 0.15) is 24.2 Å². The number of anilines is 1. The second-order valence-corrected chi connectivity index (χ2v) is 11.6. The normalized spacial score (nSPS) is 12.1. The summed E-state index contributed by atoms with van der Waals surface area (Å²) in [4.78, 5) is 28.8. The van der Waals surface area contributed by atoms with Crippen molar-refractivity contribution in [3.63, 3.8) is 0 Å². The van der Waals surface area contributed by atoms with Crippen molar-refractivity contribution >= 4 is 27.5 Å². The van der Waals surface area contributed by atoms with Gasteiger partial charge in [0, 0.05) is 24.6 Å². The lowest BCUT2D eigenvalue weighted by atomic mass is 10.0. The third-order valence-corrected chi connectivity index (χ3v) is 7.24. The molecule has 0 fully saturated rings. The Bertz CT molecular complexity index is 1400. The molecule has 0 bridgehead atoms. The van der Waals surface area contributed by atoms with E-state index in [1.165, 1.54) is 23.1 Å². The van der Waals surface area contributed by atoms with Crippen LogP contribution in [0.3, 0.4) is 0 Å². The lowest BCUT2D eigenvalue weighted by Crippen LogP contribution is -2.54. The number of nitrogens with one attached hydrogen (secondary N) is 1. The van der Waals surface area contributed by atoms with Crippen LogP contribution in [0.4, 0.5) is 10.1 Å². The number of para-hydroxylation sites is 2. The van der Waals surface area contributed by atoms with Crippen LogP contribution in [0, 0.1) is 5.82 Å². The Morgan fingerprint density at radius 3 is 2.20 bits per heavy atom. The highest BCUT2D eigenvalue weighted by Crippen LogP contribution is 2.30. The molecular formula is C30H36FN3O5S. The molecule has 1 atom stereocenters. The second-order valence-electron chi connectivity index (χ2n) is 9.65. The highest BCUT2D eigenvalue weighted by atomic mass is 32.2. The first-order valence-corrected chi connectivity index (χ1v) is 14.9. The molecule has 0 heterocycles. The van der Waals surface area contributed by atoms with Crippen LogP contribution in [0.15, 0.2) is 78.9 Å². The van der Waals surface area contributed by atoms with Gasteiger partial charge in [0.25, 0.3) is 0 Å². The van der Waals surface area contributed by atoms with E-state index in [-0.39, 0.29) is 36.9 Å². The van der Waals surface area contributed by atoms with E-state index in [1.54, 1.807) is 51.1 Å². The van der Waals surface area contributed by atoms with Crippen molar-refractivity contribution in [1.29, 1.82) is 0 Å². The molecule has 0 radical (unpaired) electrons. The Balaban J connectivity index is 2.09. The summed E-state index contributed by atoms with van der Waals surface area (Å²) in [5, 5.41) is 2.86. The van der Waals surface area contributed by atoms with Crippen molar-refractivity contribution in [2.45, 2.75) is 45.8 Å². The molecule has 0 aromatic heterocycles. The van der Waals surface area contributed by atoms with E-state index in [0.29, 0.717) is 5.75 Å². The van der Waals surface area contributed by atoms with Crippen LogP contribution in [0.25, 0.3) is 0 Å². The van der Waals surface area contributed by atoms with Crippen LogP contribution in [0.1, 0.15) is 31.9 Å². The van der Waals surface area contributed by atoms with Gasteiger partial charge in [-0.1, -0.05) is 60.7 Å². The molecule has 1 N–H and O–H groups in total. The fourth-order valence-corrected chi connectivity index (χ4v) is 5.13. The van der Waals surface area contributed by atoms with E-state index in [1.807, 2.05) is 30.3 Å². The number of rotatable bonds is 13. The van der Waals surface area contributed by atoms with Gasteiger partial charge in [-0.25, -0.2) is 12.8 Å². The number of nitrogens with zero attached hydrogens (tertiary/aromatic N) is 2. The van der Waals surface area contributed by atoms with Crippen molar-refractivity contribution in [2.24, 2.45) is 0 Å². The summed E-state index contributed by atoms with van der Waals surface area (Å²) in [6.45, 7) is 4.81. The number of ether oxygens (including phenoxy) is 1. The molecule has 0 saturated heterocycles. The molecule has 3 rings (SSSR count). The van der Waals surface area contributed by atoms with Crippen molar-refractivity contribution in [1.82, 2.24) is 10.2 Å². The minimum Gasteiger partial charge on any atom is -0.492 e. The fraction of sp³-hybridized carbons (Fsp3) is 0.333. The monoisotopic (exact) mass is 569 g/mol. The topological polar surface area (TPSA) is 96.0 Å². The molecule has 10 heteroatoms. The lowest BCUT2D eigenvalue weighted by molar-refractivity contribution is -0.140. The molecule has 0 saturated carbocycles. The molecule has 0 unspecified atom stereocenters. The van der Waals surface area contributed by atoms with E-state index < -0.39 is 40.2 Å². The van der Waals surface area contributed by atoms with Crippen LogP contribution in [0.5, 0.6) is 5.75 Å². The molecule has 0 aliphatic carbocycles. The van der Waals surface area contributed by atoms with Crippen LogP contribution in [-0.2, 0) is 32.6 Å². The van der Waals surface area contributed by atoms with Gasteiger partial charge in [-0.2, -0.15) is 0 Å². The SMILES string of the molecule is CCOc1ccccc1N(CC(=O)N(Cc1ccccc1F)[C@@H](Cc1ccccc1)C(=O)NC(C)C)S(C)(=O)=O. The van der Waals surface area contributed by atoms with E-state index >= 15 is 0 Å². The maximum Gasteiger partial charge on any atom is 0.244 e. The average Bonchev–Trinajstić information content (AvgIpc) is 2.90. The fourth-order valence-electron chi connectivity index (χ4n) is 4.28. The zero-order chi connectivity index (χ0) is 29.3. The molecular weight excluding hydrogens is 533 g/mol. The number of halogens is 1.